The minimum absolute atomic E-state index is 0.00902. The SMILES string of the molecule is CCC1COCCN1C(=O)c1c(O)cccc1O. The van der Waals surface area contributed by atoms with Crippen molar-refractivity contribution in [2.75, 3.05) is 19.8 Å². The van der Waals surface area contributed by atoms with Gasteiger partial charge in [-0.05, 0) is 18.6 Å². The number of carbonyl (C=O) groups is 1. The van der Waals surface area contributed by atoms with E-state index in [1.807, 2.05) is 6.92 Å². The number of benzene rings is 1. The molecule has 5 nitrogen and oxygen atoms in total. The van der Waals surface area contributed by atoms with E-state index in [1.165, 1.54) is 18.2 Å². The fourth-order valence-electron chi connectivity index (χ4n) is 2.15. The van der Waals surface area contributed by atoms with Crippen LogP contribution in [0.5, 0.6) is 11.5 Å². The quantitative estimate of drug-likeness (QED) is 0.832. The Morgan fingerprint density at radius 3 is 2.72 bits per heavy atom. The predicted molar refractivity (Wildman–Crippen MR) is 65.7 cm³/mol. The summed E-state index contributed by atoms with van der Waals surface area (Å²) in [6.07, 6.45) is 0.778. The van der Waals surface area contributed by atoms with Gasteiger partial charge in [0.15, 0.2) is 0 Å². The molecule has 1 saturated heterocycles. The molecular formula is C13H17NO4. The van der Waals surface area contributed by atoms with Gasteiger partial charge < -0.3 is 19.8 Å². The van der Waals surface area contributed by atoms with Crippen LogP contribution in [-0.4, -0.2) is 46.8 Å². The Kier molecular flexibility index (Phi) is 3.72. The van der Waals surface area contributed by atoms with Crippen LogP contribution in [-0.2, 0) is 4.74 Å². The first kappa shape index (κ1) is 12.7. The summed E-state index contributed by atoms with van der Waals surface area (Å²) < 4.78 is 5.33. The number of nitrogens with zero attached hydrogens (tertiary/aromatic N) is 1. The van der Waals surface area contributed by atoms with Crippen LogP contribution in [0.15, 0.2) is 18.2 Å². The van der Waals surface area contributed by atoms with Crippen LogP contribution in [0.4, 0.5) is 0 Å². The topological polar surface area (TPSA) is 70.0 Å². The number of phenols is 2. The van der Waals surface area contributed by atoms with Crippen LogP contribution in [0.1, 0.15) is 23.7 Å². The van der Waals surface area contributed by atoms with Gasteiger partial charge in [0.1, 0.15) is 17.1 Å². The molecule has 1 aromatic carbocycles. The van der Waals surface area contributed by atoms with E-state index in [-0.39, 0.29) is 29.0 Å². The van der Waals surface area contributed by atoms with Gasteiger partial charge in [0.25, 0.3) is 5.91 Å². The summed E-state index contributed by atoms with van der Waals surface area (Å²) in [5.41, 5.74) is -0.0298. The number of rotatable bonds is 2. The molecule has 0 saturated carbocycles. The summed E-state index contributed by atoms with van der Waals surface area (Å²) >= 11 is 0. The number of hydrogen-bond acceptors (Lipinski definition) is 4. The largest absolute Gasteiger partial charge is 0.507 e. The average molecular weight is 251 g/mol. The fraction of sp³-hybridized carbons (Fsp3) is 0.462. The molecule has 2 rings (SSSR count). The summed E-state index contributed by atoms with van der Waals surface area (Å²) in [6, 6.07) is 4.28. The molecule has 0 aromatic heterocycles. The summed E-state index contributed by atoms with van der Waals surface area (Å²) in [4.78, 5) is 14.0. The zero-order chi connectivity index (χ0) is 13.1. The molecule has 0 bridgehead atoms. The lowest BCUT2D eigenvalue weighted by Crippen LogP contribution is -2.48. The van der Waals surface area contributed by atoms with Gasteiger partial charge in [0.2, 0.25) is 0 Å². The smallest absolute Gasteiger partial charge is 0.261 e. The number of aromatic hydroxyl groups is 2. The maximum Gasteiger partial charge on any atom is 0.261 e. The zero-order valence-corrected chi connectivity index (χ0v) is 10.3. The van der Waals surface area contributed by atoms with Gasteiger partial charge in [-0.1, -0.05) is 13.0 Å². The van der Waals surface area contributed by atoms with Gasteiger partial charge in [-0.15, -0.1) is 0 Å². The lowest BCUT2D eigenvalue weighted by atomic mass is 10.1. The molecule has 0 radical (unpaired) electrons. The summed E-state index contributed by atoms with van der Waals surface area (Å²) in [5.74, 6) is -0.733. The third-order valence-electron chi connectivity index (χ3n) is 3.19. The van der Waals surface area contributed by atoms with Crippen molar-refractivity contribution in [1.29, 1.82) is 0 Å². The van der Waals surface area contributed by atoms with E-state index < -0.39 is 0 Å². The van der Waals surface area contributed by atoms with Crippen LogP contribution in [0.2, 0.25) is 0 Å². The monoisotopic (exact) mass is 251 g/mol. The zero-order valence-electron chi connectivity index (χ0n) is 10.3. The van der Waals surface area contributed by atoms with E-state index in [0.29, 0.717) is 19.8 Å². The molecule has 0 aliphatic carbocycles. The second kappa shape index (κ2) is 5.27. The molecular weight excluding hydrogens is 234 g/mol. The second-order valence-corrected chi connectivity index (χ2v) is 4.31. The summed E-state index contributed by atoms with van der Waals surface area (Å²) in [7, 11) is 0. The maximum atomic E-state index is 12.4. The molecule has 1 amide bonds. The van der Waals surface area contributed by atoms with E-state index in [4.69, 9.17) is 4.74 Å². The Morgan fingerprint density at radius 2 is 2.11 bits per heavy atom. The molecule has 5 heteroatoms. The highest BCUT2D eigenvalue weighted by Gasteiger charge is 2.29. The van der Waals surface area contributed by atoms with Crippen molar-refractivity contribution in [1.82, 2.24) is 4.90 Å². The molecule has 98 valence electrons. The third-order valence-corrected chi connectivity index (χ3v) is 3.19. The second-order valence-electron chi connectivity index (χ2n) is 4.31. The highest BCUT2D eigenvalue weighted by Crippen LogP contribution is 2.29. The van der Waals surface area contributed by atoms with Crippen LogP contribution in [0.3, 0.4) is 0 Å². The minimum atomic E-state index is -0.347. The van der Waals surface area contributed by atoms with Crippen molar-refractivity contribution >= 4 is 5.91 Å². The first-order valence-electron chi connectivity index (χ1n) is 6.04. The molecule has 1 aromatic rings. The maximum absolute atomic E-state index is 12.4. The molecule has 1 aliphatic heterocycles. The number of carbonyl (C=O) groups excluding carboxylic acids is 1. The molecule has 1 unspecified atom stereocenters. The number of morpholine rings is 1. The standard InChI is InChI=1S/C13H17NO4/c1-2-9-8-18-7-6-14(9)13(17)12-10(15)4-3-5-11(12)16/h3-5,9,15-16H,2,6-8H2,1H3. The average Bonchev–Trinajstić information content (AvgIpc) is 2.38. The Labute approximate surface area is 106 Å². The fourth-order valence-corrected chi connectivity index (χ4v) is 2.15. The molecule has 1 heterocycles. The van der Waals surface area contributed by atoms with Gasteiger partial charge in [-0.3, -0.25) is 4.79 Å². The molecule has 1 atom stereocenters. The number of hydrogen-bond donors (Lipinski definition) is 2. The lowest BCUT2D eigenvalue weighted by molar-refractivity contribution is -0.00307. The highest BCUT2D eigenvalue weighted by molar-refractivity contribution is 5.99. The van der Waals surface area contributed by atoms with E-state index >= 15 is 0 Å². The third kappa shape index (κ3) is 2.26. The van der Waals surface area contributed by atoms with Gasteiger partial charge in [0, 0.05) is 6.54 Å². The summed E-state index contributed by atoms with van der Waals surface area (Å²) in [6.45, 7) is 3.43. The minimum Gasteiger partial charge on any atom is -0.507 e. The first-order valence-corrected chi connectivity index (χ1v) is 6.04. The summed E-state index contributed by atoms with van der Waals surface area (Å²) in [5, 5.41) is 19.4. The Balaban J connectivity index is 2.30. The van der Waals surface area contributed by atoms with Crippen LogP contribution in [0.25, 0.3) is 0 Å². The van der Waals surface area contributed by atoms with Gasteiger partial charge >= 0.3 is 0 Å². The van der Waals surface area contributed by atoms with Gasteiger partial charge in [0.05, 0.1) is 19.3 Å². The van der Waals surface area contributed by atoms with Crippen molar-refractivity contribution in [3.8, 4) is 11.5 Å². The van der Waals surface area contributed by atoms with E-state index in [2.05, 4.69) is 0 Å². The lowest BCUT2D eigenvalue weighted by Gasteiger charge is -2.35. The number of amides is 1. The van der Waals surface area contributed by atoms with Crippen molar-refractivity contribution in [2.24, 2.45) is 0 Å². The van der Waals surface area contributed by atoms with E-state index in [9.17, 15) is 15.0 Å². The van der Waals surface area contributed by atoms with Gasteiger partial charge in [-0.2, -0.15) is 0 Å². The molecule has 2 N–H and O–H groups in total. The predicted octanol–water partition coefficient (Wildman–Crippen LogP) is 1.35. The first-order chi connectivity index (χ1) is 8.65. The van der Waals surface area contributed by atoms with Crippen LogP contribution >= 0.6 is 0 Å². The van der Waals surface area contributed by atoms with E-state index in [1.54, 1.807) is 4.90 Å². The Bertz CT molecular complexity index is 426. The normalized spacial score (nSPS) is 19.8. The van der Waals surface area contributed by atoms with Crippen LogP contribution in [0, 0.1) is 0 Å². The number of phenolic OH excluding ortho intramolecular Hbond substituents is 2. The molecule has 0 spiro atoms. The number of ether oxygens (including phenoxy) is 1. The molecule has 1 fully saturated rings. The molecule has 1 aliphatic rings. The Morgan fingerprint density at radius 1 is 1.44 bits per heavy atom. The Hall–Kier alpha value is -1.75. The van der Waals surface area contributed by atoms with Crippen LogP contribution < -0.4 is 0 Å². The highest BCUT2D eigenvalue weighted by atomic mass is 16.5. The van der Waals surface area contributed by atoms with Crippen molar-refractivity contribution < 1.29 is 19.7 Å². The molecule has 18 heavy (non-hydrogen) atoms. The van der Waals surface area contributed by atoms with Gasteiger partial charge in [-0.25, -0.2) is 0 Å². The van der Waals surface area contributed by atoms with Crippen molar-refractivity contribution in [2.45, 2.75) is 19.4 Å². The van der Waals surface area contributed by atoms with Crippen molar-refractivity contribution in [3.05, 3.63) is 23.8 Å². The van der Waals surface area contributed by atoms with E-state index in [0.717, 1.165) is 6.42 Å². The van der Waals surface area contributed by atoms with Crippen molar-refractivity contribution in [3.63, 3.8) is 0 Å².